The molecule has 0 aliphatic carbocycles. The molecule has 1 aromatic carbocycles. The lowest BCUT2D eigenvalue weighted by Gasteiger charge is -2.13. The van der Waals surface area contributed by atoms with Crippen molar-refractivity contribution in [1.82, 2.24) is 0 Å². The minimum atomic E-state index is 0.169. The average molecular weight is 437 g/mol. The summed E-state index contributed by atoms with van der Waals surface area (Å²) in [5.74, 6) is 1.89. The average Bonchev–Trinajstić information content (AvgIpc) is 2.55. The molecule has 0 atom stereocenters. The molecule has 1 aromatic rings. The molecule has 0 N–H and O–H groups in total. The molecule has 0 saturated heterocycles. The minimum absolute atomic E-state index is 0.169. The van der Waals surface area contributed by atoms with E-state index in [4.69, 9.17) is 49.1 Å². The van der Waals surface area contributed by atoms with Crippen LogP contribution in [0.25, 0.3) is 0 Å². The van der Waals surface area contributed by atoms with Gasteiger partial charge in [-0.15, -0.1) is 0 Å². The van der Waals surface area contributed by atoms with Crippen LogP contribution in [0.5, 0.6) is 11.5 Å². The molecule has 152 valence electrons. The van der Waals surface area contributed by atoms with Crippen molar-refractivity contribution in [2.75, 3.05) is 19.8 Å². The number of benzene rings is 1. The molecule has 0 aliphatic rings. The summed E-state index contributed by atoms with van der Waals surface area (Å²) in [5.41, 5.74) is 1.93. The van der Waals surface area contributed by atoms with Gasteiger partial charge in [0.05, 0.1) is 17.3 Å². The van der Waals surface area contributed by atoms with Gasteiger partial charge in [-0.05, 0) is 56.7 Å². The van der Waals surface area contributed by atoms with Crippen molar-refractivity contribution >= 4 is 40.5 Å². The highest BCUT2D eigenvalue weighted by Gasteiger charge is 2.09. The zero-order valence-electron chi connectivity index (χ0n) is 16.4. The summed E-state index contributed by atoms with van der Waals surface area (Å²) in [6, 6.07) is 3.59. The lowest BCUT2D eigenvalue weighted by atomic mass is 10.1. The number of rotatable bonds is 12. The number of unbranched alkanes of at least 4 members (excludes halogenated alkanes) is 1. The minimum Gasteiger partial charge on any atom is -0.492 e. The van der Waals surface area contributed by atoms with Gasteiger partial charge in [0, 0.05) is 6.07 Å². The number of halogens is 3. The van der Waals surface area contributed by atoms with Gasteiger partial charge in [0.25, 0.3) is 0 Å². The quantitative estimate of drug-likeness (QED) is 0.202. The Balaban J connectivity index is 2.35. The van der Waals surface area contributed by atoms with Crippen molar-refractivity contribution in [3.8, 4) is 11.5 Å². The van der Waals surface area contributed by atoms with Crippen molar-refractivity contribution in [1.29, 1.82) is 0 Å². The first-order valence-electron chi connectivity index (χ1n) is 9.02. The van der Waals surface area contributed by atoms with Gasteiger partial charge in [-0.1, -0.05) is 53.8 Å². The van der Waals surface area contributed by atoms with Crippen LogP contribution in [0.1, 0.15) is 45.6 Å². The number of hydrogen-bond donors (Lipinski definition) is 0. The third-order valence-corrected chi connectivity index (χ3v) is 4.08. The number of aryl methyl sites for hydroxylation is 1. The van der Waals surface area contributed by atoms with E-state index in [9.17, 15) is 0 Å². The Kier molecular flexibility index (Phi) is 11.7. The zero-order chi connectivity index (χ0) is 20.2. The molecule has 0 aliphatic heterocycles. The topological polar surface area (TPSA) is 40.0 Å². The number of nitrogens with zero attached hydrogens (tertiary/aromatic N) is 1. The Morgan fingerprint density at radius 1 is 1.15 bits per heavy atom. The van der Waals surface area contributed by atoms with Crippen LogP contribution in [0.2, 0.25) is 5.02 Å². The highest BCUT2D eigenvalue weighted by Crippen LogP contribution is 2.33. The lowest BCUT2D eigenvalue weighted by Crippen LogP contribution is -2.03. The van der Waals surface area contributed by atoms with E-state index in [-0.39, 0.29) is 11.1 Å². The molecule has 27 heavy (non-hydrogen) atoms. The third kappa shape index (κ3) is 10.7. The molecule has 0 saturated carbocycles. The van der Waals surface area contributed by atoms with E-state index in [1.165, 1.54) is 0 Å². The molecule has 0 amide bonds. The number of oxime groups is 1. The predicted molar refractivity (Wildman–Crippen MR) is 115 cm³/mol. The zero-order valence-corrected chi connectivity index (χ0v) is 18.6. The third-order valence-electron chi connectivity index (χ3n) is 3.49. The Labute approximate surface area is 177 Å². The van der Waals surface area contributed by atoms with Crippen molar-refractivity contribution < 1.29 is 14.3 Å². The molecular formula is C20H28Cl3NO3. The van der Waals surface area contributed by atoms with Crippen LogP contribution in [-0.2, 0) is 4.84 Å². The fourth-order valence-electron chi connectivity index (χ4n) is 2.39. The second kappa shape index (κ2) is 13.1. The maximum Gasteiger partial charge on any atom is 0.141 e. The summed E-state index contributed by atoms with van der Waals surface area (Å²) < 4.78 is 11.5. The van der Waals surface area contributed by atoms with Crippen LogP contribution >= 0.6 is 34.8 Å². The number of hydrogen-bond acceptors (Lipinski definition) is 4. The van der Waals surface area contributed by atoms with Crippen LogP contribution in [0.4, 0.5) is 0 Å². The molecule has 7 heteroatoms. The van der Waals surface area contributed by atoms with Gasteiger partial charge < -0.3 is 14.3 Å². The monoisotopic (exact) mass is 435 g/mol. The fraction of sp³-hybridized carbons (Fsp3) is 0.550. The normalized spacial score (nSPS) is 11.5. The van der Waals surface area contributed by atoms with Gasteiger partial charge in [-0.25, -0.2) is 0 Å². The standard InChI is InChI=1S/C20H28Cl3NO3/c1-14(2)11-16(4)24-27-9-6-5-8-26-20-15(3)12-17(13-18(20)21)25-10-7-19(22)23/h7,12-14H,5-6,8-11H2,1-4H3. The lowest BCUT2D eigenvalue weighted by molar-refractivity contribution is 0.134. The summed E-state index contributed by atoms with van der Waals surface area (Å²) >= 11 is 17.4. The van der Waals surface area contributed by atoms with E-state index in [0.717, 1.165) is 30.5 Å². The molecule has 0 bridgehead atoms. The Morgan fingerprint density at radius 2 is 1.85 bits per heavy atom. The van der Waals surface area contributed by atoms with Crippen molar-refractivity contribution in [3.05, 3.63) is 33.3 Å². The van der Waals surface area contributed by atoms with Crippen molar-refractivity contribution in [2.24, 2.45) is 11.1 Å². The molecule has 1 rings (SSSR count). The van der Waals surface area contributed by atoms with E-state index >= 15 is 0 Å². The van der Waals surface area contributed by atoms with Gasteiger partial charge in [-0.2, -0.15) is 0 Å². The van der Waals surface area contributed by atoms with Crippen LogP contribution in [0.3, 0.4) is 0 Å². The summed E-state index contributed by atoms with van der Waals surface area (Å²) in [6.07, 6.45) is 4.23. The Bertz CT molecular complexity index is 618. The maximum atomic E-state index is 6.30. The van der Waals surface area contributed by atoms with Crippen molar-refractivity contribution in [3.63, 3.8) is 0 Å². The van der Waals surface area contributed by atoms with Crippen molar-refractivity contribution in [2.45, 2.75) is 47.0 Å². The van der Waals surface area contributed by atoms with E-state index in [1.807, 2.05) is 19.9 Å². The molecule has 0 aromatic heterocycles. The maximum absolute atomic E-state index is 6.30. The van der Waals surface area contributed by atoms with E-state index in [1.54, 1.807) is 12.1 Å². The first-order valence-corrected chi connectivity index (χ1v) is 10.1. The SMILES string of the molecule is CC(CC(C)C)=NOCCCCOc1c(C)cc(OCC=C(Cl)Cl)cc1Cl. The summed E-state index contributed by atoms with van der Waals surface area (Å²) in [7, 11) is 0. The van der Waals surface area contributed by atoms with E-state index < -0.39 is 0 Å². The molecule has 0 unspecified atom stereocenters. The number of ether oxygens (including phenoxy) is 2. The smallest absolute Gasteiger partial charge is 0.141 e. The van der Waals surface area contributed by atoms with Gasteiger partial charge in [0.2, 0.25) is 0 Å². The summed E-state index contributed by atoms with van der Waals surface area (Å²) in [6.45, 7) is 9.65. The molecule has 0 heterocycles. The first-order chi connectivity index (χ1) is 12.8. The van der Waals surface area contributed by atoms with E-state index in [0.29, 0.717) is 35.7 Å². The van der Waals surface area contributed by atoms with Gasteiger partial charge in [0.1, 0.15) is 29.2 Å². The van der Waals surface area contributed by atoms with E-state index in [2.05, 4.69) is 19.0 Å². The largest absolute Gasteiger partial charge is 0.492 e. The predicted octanol–water partition coefficient (Wildman–Crippen LogP) is 6.94. The van der Waals surface area contributed by atoms with Gasteiger partial charge in [0.15, 0.2) is 0 Å². The van der Waals surface area contributed by atoms with Gasteiger partial charge >= 0.3 is 0 Å². The van der Waals surface area contributed by atoms with Crippen LogP contribution in [0, 0.1) is 12.8 Å². The molecule has 0 spiro atoms. The van der Waals surface area contributed by atoms with Gasteiger partial charge in [-0.3, -0.25) is 0 Å². The van der Waals surface area contributed by atoms with Crippen LogP contribution in [0.15, 0.2) is 27.9 Å². The van der Waals surface area contributed by atoms with Crippen LogP contribution in [-0.4, -0.2) is 25.5 Å². The molecular weight excluding hydrogens is 409 g/mol. The Hall–Kier alpha value is -1.10. The summed E-state index contributed by atoms with van der Waals surface area (Å²) in [5, 5.41) is 4.62. The highest BCUT2D eigenvalue weighted by molar-refractivity contribution is 6.55. The molecule has 0 fully saturated rings. The highest BCUT2D eigenvalue weighted by atomic mass is 35.5. The first kappa shape index (κ1) is 23.9. The fourth-order valence-corrected chi connectivity index (χ4v) is 2.83. The molecule has 4 nitrogen and oxygen atoms in total. The Morgan fingerprint density at radius 3 is 2.48 bits per heavy atom. The summed E-state index contributed by atoms with van der Waals surface area (Å²) in [4.78, 5) is 5.33. The second-order valence-electron chi connectivity index (χ2n) is 6.67. The van der Waals surface area contributed by atoms with Crippen LogP contribution < -0.4 is 9.47 Å². The second-order valence-corrected chi connectivity index (χ2v) is 8.08. The molecule has 0 radical (unpaired) electrons.